The van der Waals surface area contributed by atoms with Crippen LogP contribution in [0.25, 0.3) is 0 Å². The van der Waals surface area contributed by atoms with Gasteiger partial charge in [0.2, 0.25) is 5.91 Å². The molecule has 1 saturated heterocycles. The SMILES string of the molecule is C/C=C/CC/C=C/CC/C=C/C(O)C(COC1OC(CO)C(O)C(O)C1O)NC(=O)CCCCCCCCCCCC/C=C\C=C/CCCCCOC(=O)CCCCCCC/C=C\CCCCC. The highest BCUT2D eigenvalue weighted by Gasteiger charge is 2.44. The van der Waals surface area contributed by atoms with E-state index in [4.69, 9.17) is 14.2 Å². The second-order valence-electron chi connectivity index (χ2n) is 18.6. The summed E-state index contributed by atoms with van der Waals surface area (Å²) in [6, 6.07) is -0.842. The summed E-state index contributed by atoms with van der Waals surface area (Å²) >= 11 is 0. The van der Waals surface area contributed by atoms with Crippen molar-refractivity contribution in [2.75, 3.05) is 19.8 Å². The van der Waals surface area contributed by atoms with Crippen molar-refractivity contribution in [3.63, 3.8) is 0 Å². The molecule has 1 rings (SSSR count). The lowest BCUT2D eigenvalue weighted by molar-refractivity contribution is -0.302. The van der Waals surface area contributed by atoms with Gasteiger partial charge in [0.05, 0.1) is 32.0 Å². The predicted molar refractivity (Wildman–Crippen MR) is 278 cm³/mol. The Balaban J connectivity index is 2.10. The van der Waals surface area contributed by atoms with Crippen LogP contribution in [0, 0.1) is 0 Å². The molecule has 392 valence electrons. The van der Waals surface area contributed by atoms with E-state index in [2.05, 4.69) is 66.9 Å². The third-order valence-electron chi connectivity index (χ3n) is 12.4. The van der Waals surface area contributed by atoms with Gasteiger partial charge in [0.25, 0.3) is 0 Å². The number of carbonyl (C=O) groups excluding carboxylic acids is 2. The Hall–Kier alpha value is -2.90. The van der Waals surface area contributed by atoms with E-state index in [9.17, 15) is 35.1 Å². The molecule has 1 aliphatic rings. The largest absolute Gasteiger partial charge is 0.466 e. The van der Waals surface area contributed by atoms with Gasteiger partial charge in [0.15, 0.2) is 6.29 Å². The number of carbonyl (C=O) groups is 2. The van der Waals surface area contributed by atoms with Gasteiger partial charge < -0.3 is 45.1 Å². The van der Waals surface area contributed by atoms with Gasteiger partial charge in [-0.1, -0.05) is 163 Å². The Bertz CT molecular complexity index is 1360. The predicted octanol–water partition coefficient (Wildman–Crippen LogP) is 11.7. The van der Waals surface area contributed by atoms with Crippen LogP contribution in [-0.4, -0.2) is 100 Å². The molecular formula is C57H99NO10. The smallest absolute Gasteiger partial charge is 0.305 e. The average molecular weight is 958 g/mol. The Labute approximate surface area is 413 Å². The number of allylic oxidation sites excluding steroid dienone is 11. The first-order chi connectivity index (χ1) is 33.2. The van der Waals surface area contributed by atoms with E-state index in [1.165, 1.54) is 89.9 Å². The Morgan fingerprint density at radius 2 is 1.06 bits per heavy atom. The molecule has 11 nitrogen and oxygen atoms in total. The summed E-state index contributed by atoms with van der Waals surface area (Å²) in [7, 11) is 0. The molecule has 0 aromatic rings. The first-order valence-electron chi connectivity index (χ1n) is 27.2. The van der Waals surface area contributed by atoms with E-state index in [0.717, 1.165) is 89.9 Å². The summed E-state index contributed by atoms with van der Waals surface area (Å²) < 4.78 is 16.6. The van der Waals surface area contributed by atoms with Crippen LogP contribution in [0.5, 0.6) is 0 Å². The van der Waals surface area contributed by atoms with Crippen LogP contribution < -0.4 is 5.32 Å². The van der Waals surface area contributed by atoms with E-state index in [-0.39, 0.29) is 18.5 Å². The molecule has 1 heterocycles. The van der Waals surface area contributed by atoms with Crippen molar-refractivity contribution in [3.8, 4) is 0 Å². The van der Waals surface area contributed by atoms with E-state index in [1.54, 1.807) is 6.08 Å². The third kappa shape index (κ3) is 36.1. The Morgan fingerprint density at radius 1 is 0.574 bits per heavy atom. The quantitative estimate of drug-likeness (QED) is 0.0149. The van der Waals surface area contributed by atoms with Gasteiger partial charge >= 0.3 is 5.97 Å². The standard InChI is InChI=1S/C57H99NO10/c1-3-5-7-9-11-13-14-25-29-33-37-41-45-53(62)66-46-42-38-34-30-26-23-21-19-17-15-16-18-20-22-24-28-32-36-40-44-52(61)58-49(50(60)43-39-35-31-27-12-10-8-6-4-2)48-67-57-56(65)55(64)54(63)51(47-59)68-57/h4,6,11-13,19,21,23,26-27,39,43,49-51,54-57,59-60,63-65H,3,5,7-10,14-18,20,22,24-25,28-38,40-42,44-48H2,1-2H3,(H,58,61)/b6-4+,13-11-,21-19-,26-23-,27-12+,43-39+. The zero-order valence-corrected chi connectivity index (χ0v) is 42.8. The molecule has 0 spiro atoms. The van der Waals surface area contributed by atoms with Crippen molar-refractivity contribution in [2.24, 2.45) is 0 Å². The van der Waals surface area contributed by atoms with Crippen molar-refractivity contribution in [3.05, 3.63) is 72.9 Å². The van der Waals surface area contributed by atoms with Crippen LogP contribution in [0.3, 0.4) is 0 Å². The van der Waals surface area contributed by atoms with Gasteiger partial charge in [-0.15, -0.1) is 0 Å². The third-order valence-corrected chi connectivity index (χ3v) is 12.4. The van der Waals surface area contributed by atoms with Crippen LogP contribution >= 0.6 is 0 Å². The maximum absolute atomic E-state index is 13.0. The molecule has 11 heteroatoms. The number of ether oxygens (including phenoxy) is 3. The minimum Gasteiger partial charge on any atom is -0.466 e. The molecule has 68 heavy (non-hydrogen) atoms. The molecule has 1 amide bonds. The summed E-state index contributed by atoms with van der Waals surface area (Å²) in [5.41, 5.74) is 0. The number of hydrogen-bond donors (Lipinski definition) is 6. The van der Waals surface area contributed by atoms with Gasteiger partial charge in [0.1, 0.15) is 24.4 Å². The summed E-state index contributed by atoms with van der Waals surface area (Å²) in [5.74, 6) is -0.253. The van der Waals surface area contributed by atoms with Crippen LogP contribution in [-0.2, 0) is 23.8 Å². The normalized spacial score (nSPS) is 20.0. The molecule has 0 saturated carbocycles. The van der Waals surface area contributed by atoms with E-state index in [1.807, 2.05) is 19.1 Å². The monoisotopic (exact) mass is 958 g/mol. The fraction of sp³-hybridized carbons (Fsp3) is 0.754. The zero-order chi connectivity index (χ0) is 49.6. The topological polar surface area (TPSA) is 175 Å². The van der Waals surface area contributed by atoms with Crippen LogP contribution in [0.4, 0.5) is 0 Å². The van der Waals surface area contributed by atoms with Crippen LogP contribution in [0.15, 0.2) is 72.9 Å². The lowest BCUT2D eigenvalue weighted by Crippen LogP contribution is -2.60. The minimum atomic E-state index is -1.58. The lowest BCUT2D eigenvalue weighted by atomic mass is 9.99. The van der Waals surface area contributed by atoms with E-state index in [0.29, 0.717) is 25.9 Å². The second kappa shape index (κ2) is 46.5. The molecule has 0 aromatic carbocycles. The maximum Gasteiger partial charge on any atom is 0.305 e. The van der Waals surface area contributed by atoms with Crippen molar-refractivity contribution in [1.29, 1.82) is 0 Å². The number of hydrogen-bond acceptors (Lipinski definition) is 10. The van der Waals surface area contributed by atoms with Gasteiger partial charge in [-0.2, -0.15) is 0 Å². The van der Waals surface area contributed by atoms with Gasteiger partial charge in [-0.25, -0.2) is 0 Å². The summed E-state index contributed by atoms with van der Waals surface area (Å²) in [6.45, 7) is 3.99. The molecule has 0 radical (unpaired) electrons. The first-order valence-corrected chi connectivity index (χ1v) is 27.2. The number of nitrogens with one attached hydrogen (secondary N) is 1. The van der Waals surface area contributed by atoms with Gasteiger partial charge in [-0.3, -0.25) is 9.59 Å². The number of unbranched alkanes of at least 4 members (excludes halogenated alkanes) is 23. The molecule has 7 atom stereocenters. The van der Waals surface area contributed by atoms with Gasteiger partial charge in [-0.05, 0) is 110 Å². The number of esters is 1. The first kappa shape index (κ1) is 63.1. The number of aliphatic hydroxyl groups is 5. The highest BCUT2D eigenvalue weighted by atomic mass is 16.7. The summed E-state index contributed by atoms with van der Waals surface area (Å²) in [5, 5.41) is 54.1. The summed E-state index contributed by atoms with van der Waals surface area (Å²) in [4.78, 5) is 25.0. The van der Waals surface area contributed by atoms with Gasteiger partial charge in [0, 0.05) is 12.8 Å². The number of rotatable bonds is 45. The van der Waals surface area contributed by atoms with E-state index >= 15 is 0 Å². The van der Waals surface area contributed by atoms with Crippen molar-refractivity contribution < 1.29 is 49.3 Å². The zero-order valence-electron chi connectivity index (χ0n) is 42.8. The van der Waals surface area contributed by atoms with Crippen LogP contribution in [0.1, 0.15) is 213 Å². The minimum absolute atomic E-state index is 0.0409. The summed E-state index contributed by atoms with van der Waals surface area (Å²) in [6.07, 6.45) is 50.2. The van der Waals surface area contributed by atoms with Crippen LogP contribution in [0.2, 0.25) is 0 Å². The number of aliphatic hydroxyl groups excluding tert-OH is 5. The molecule has 1 fully saturated rings. The molecule has 1 aliphatic heterocycles. The number of amides is 1. The molecular weight excluding hydrogens is 859 g/mol. The van der Waals surface area contributed by atoms with Crippen molar-refractivity contribution in [1.82, 2.24) is 5.32 Å². The van der Waals surface area contributed by atoms with Crippen molar-refractivity contribution in [2.45, 2.75) is 256 Å². The molecule has 7 unspecified atom stereocenters. The second-order valence-corrected chi connectivity index (χ2v) is 18.6. The molecule has 0 aliphatic carbocycles. The Kier molecular flexibility index (Phi) is 43.1. The maximum atomic E-state index is 13.0. The highest BCUT2D eigenvalue weighted by Crippen LogP contribution is 2.23. The fourth-order valence-corrected chi connectivity index (χ4v) is 7.99. The average Bonchev–Trinajstić information content (AvgIpc) is 3.33. The highest BCUT2D eigenvalue weighted by molar-refractivity contribution is 5.76. The molecule has 0 bridgehead atoms. The molecule has 0 aromatic heterocycles. The van der Waals surface area contributed by atoms with E-state index < -0.39 is 49.5 Å². The lowest BCUT2D eigenvalue weighted by Gasteiger charge is -2.40. The fourth-order valence-electron chi connectivity index (χ4n) is 7.99. The molecule has 6 N–H and O–H groups in total. The Morgan fingerprint density at radius 3 is 1.63 bits per heavy atom. The van der Waals surface area contributed by atoms with Crippen molar-refractivity contribution >= 4 is 11.9 Å².